The number of benzene rings is 4. The lowest BCUT2D eigenvalue weighted by Crippen LogP contribution is -2.32. The molecule has 4 aromatic carbocycles. The van der Waals surface area contributed by atoms with Gasteiger partial charge in [-0.1, -0.05) is 66.7 Å². The zero-order valence-corrected chi connectivity index (χ0v) is 21.8. The second-order valence-corrected chi connectivity index (χ2v) is 8.71. The summed E-state index contributed by atoms with van der Waals surface area (Å²) in [6.07, 6.45) is 2.47. The Kier molecular flexibility index (Phi) is 8.77. The molecule has 1 amide bonds. The molecule has 0 saturated carbocycles. The summed E-state index contributed by atoms with van der Waals surface area (Å²) >= 11 is 0. The van der Waals surface area contributed by atoms with Crippen LogP contribution in [0.25, 0.3) is 11.1 Å². The molecule has 0 fully saturated rings. The zero-order valence-electron chi connectivity index (χ0n) is 21.8. The van der Waals surface area contributed by atoms with Gasteiger partial charge in [-0.2, -0.15) is 0 Å². The molecule has 38 heavy (non-hydrogen) atoms. The van der Waals surface area contributed by atoms with Crippen molar-refractivity contribution in [1.82, 2.24) is 0 Å². The van der Waals surface area contributed by atoms with Gasteiger partial charge in [0, 0.05) is 23.4 Å². The Hall–Kier alpha value is -4.58. The van der Waals surface area contributed by atoms with Gasteiger partial charge in [-0.15, -0.1) is 0 Å². The van der Waals surface area contributed by atoms with Crippen LogP contribution in [0.1, 0.15) is 32.7 Å². The summed E-state index contributed by atoms with van der Waals surface area (Å²) in [5.41, 5.74) is 4.77. The van der Waals surface area contributed by atoms with Crippen molar-refractivity contribution in [2.45, 2.75) is 12.8 Å². The van der Waals surface area contributed by atoms with Crippen LogP contribution in [-0.2, 0) is 6.42 Å². The molecule has 0 unspecified atom stereocenters. The number of hydrogen-bond acceptors (Lipinski definition) is 5. The topological polar surface area (TPSA) is 65.1 Å². The lowest BCUT2D eigenvalue weighted by molar-refractivity contribution is 0.0985. The largest absolute Gasteiger partial charge is 0.493 e. The molecule has 0 aliphatic heterocycles. The highest BCUT2D eigenvalue weighted by molar-refractivity contribution is 6.07. The summed E-state index contributed by atoms with van der Waals surface area (Å²) in [6.45, 7) is 0.509. The SMILES string of the molecule is COc1cc(C(=O)N(CCCc2ccccc2)c2ccc(-c3ccccc3C=O)cc2)cc(OC)c1OC. The Labute approximate surface area is 223 Å². The monoisotopic (exact) mass is 509 g/mol. The number of rotatable bonds is 11. The molecule has 0 spiro atoms. The summed E-state index contributed by atoms with van der Waals surface area (Å²) in [5.74, 6) is 1.08. The number of amides is 1. The third-order valence-electron chi connectivity index (χ3n) is 6.42. The maximum absolute atomic E-state index is 13.9. The van der Waals surface area contributed by atoms with Crippen LogP contribution in [0.2, 0.25) is 0 Å². The van der Waals surface area contributed by atoms with Crippen LogP contribution in [0, 0.1) is 0 Å². The number of carbonyl (C=O) groups is 2. The van der Waals surface area contributed by atoms with E-state index >= 15 is 0 Å². The van der Waals surface area contributed by atoms with E-state index in [1.165, 1.54) is 26.9 Å². The van der Waals surface area contributed by atoms with Crippen LogP contribution in [0.15, 0.2) is 91.0 Å². The standard InChI is InChI=1S/C32H31NO5/c1-36-29-20-26(21-30(37-2)31(29)38-3)32(35)33(19-9-12-23-10-5-4-6-11-23)27-17-15-24(16-18-27)28-14-8-7-13-25(28)22-34/h4-8,10-11,13-18,20-22H,9,12,19H2,1-3H3. The first kappa shape index (κ1) is 26.5. The van der Waals surface area contributed by atoms with Crippen LogP contribution < -0.4 is 19.1 Å². The van der Waals surface area contributed by atoms with E-state index in [-0.39, 0.29) is 5.91 Å². The van der Waals surface area contributed by atoms with Gasteiger partial charge in [0.1, 0.15) is 0 Å². The summed E-state index contributed by atoms with van der Waals surface area (Å²) in [5, 5.41) is 0. The van der Waals surface area contributed by atoms with Crippen LogP contribution in [0.4, 0.5) is 5.69 Å². The summed E-state index contributed by atoms with van der Waals surface area (Å²) < 4.78 is 16.4. The minimum Gasteiger partial charge on any atom is -0.493 e. The van der Waals surface area contributed by atoms with Gasteiger partial charge in [-0.25, -0.2) is 0 Å². The normalized spacial score (nSPS) is 10.5. The number of hydrogen-bond donors (Lipinski definition) is 0. The van der Waals surface area contributed by atoms with Crippen molar-refractivity contribution < 1.29 is 23.8 Å². The molecule has 0 heterocycles. The predicted molar refractivity (Wildman–Crippen MR) is 150 cm³/mol. The molecule has 194 valence electrons. The number of carbonyl (C=O) groups excluding carboxylic acids is 2. The molecular formula is C32H31NO5. The summed E-state index contributed by atoms with van der Waals surface area (Å²) in [7, 11) is 4.58. The van der Waals surface area contributed by atoms with Gasteiger partial charge < -0.3 is 19.1 Å². The van der Waals surface area contributed by atoms with Crippen molar-refractivity contribution in [3.8, 4) is 28.4 Å². The fourth-order valence-electron chi connectivity index (χ4n) is 4.48. The molecule has 0 bridgehead atoms. The van der Waals surface area contributed by atoms with Crippen molar-refractivity contribution in [2.24, 2.45) is 0 Å². The summed E-state index contributed by atoms with van der Waals surface area (Å²) in [4.78, 5) is 27.2. The van der Waals surface area contributed by atoms with Crippen molar-refractivity contribution >= 4 is 17.9 Å². The molecule has 4 rings (SSSR count). The fraction of sp³-hybridized carbons (Fsp3) is 0.188. The zero-order chi connectivity index (χ0) is 26.9. The van der Waals surface area contributed by atoms with Crippen LogP contribution >= 0.6 is 0 Å². The third-order valence-corrected chi connectivity index (χ3v) is 6.42. The van der Waals surface area contributed by atoms with E-state index in [2.05, 4.69) is 12.1 Å². The molecular weight excluding hydrogens is 478 g/mol. The highest BCUT2D eigenvalue weighted by Gasteiger charge is 2.22. The van der Waals surface area contributed by atoms with E-state index in [1.807, 2.05) is 60.7 Å². The first-order chi connectivity index (χ1) is 18.6. The Balaban J connectivity index is 1.68. The van der Waals surface area contributed by atoms with Crippen LogP contribution in [-0.4, -0.2) is 40.1 Å². The van der Waals surface area contributed by atoms with Gasteiger partial charge in [-0.05, 0) is 53.8 Å². The highest BCUT2D eigenvalue weighted by Crippen LogP contribution is 2.39. The van der Waals surface area contributed by atoms with E-state index in [0.717, 1.165) is 35.9 Å². The van der Waals surface area contributed by atoms with Gasteiger partial charge >= 0.3 is 0 Å². The number of methoxy groups -OCH3 is 3. The smallest absolute Gasteiger partial charge is 0.258 e. The highest BCUT2D eigenvalue weighted by atomic mass is 16.5. The van der Waals surface area contributed by atoms with E-state index < -0.39 is 0 Å². The molecule has 6 nitrogen and oxygen atoms in total. The van der Waals surface area contributed by atoms with E-state index in [1.54, 1.807) is 23.1 Å². The predicted octanol–water partition coefficient (Wildman–Crippen LogP) is 6.47. The Morgan fingerprint density at radius 1 is 0.789 bits per heavy atom. The molecule has 6 heteroatoms. The molecule has 0 saturated heterocycles. The molecule has 0 atom stereocenters. The molecule has 0 aromatic heterocycles. The number of aldehydes is 1. The van der Waals surface area contributed by atoms with Gasteiger partial charge in [0.05, 0.1) is 21.3 Å². The lowest BCUT2D eigenvalue weighted by atomic mass is 10.00. The molecule has 0 N–H and O–H groups in total. The van der Waals surface area contributed by atoms with Gasteiger partial charge in [-0.3, -0.25) is 9.59 Å². The molecule has 0 aliphatic rings. The quantitative estimate of drug-likeness (QED) is 0.217. The van der Waals surface area contributed by atoms with Crippen molar-refractivity contribution in [3.63, 3.8) is 0 Å². The maximum atomic E-state index is 13.9. The van der Waals surface area contributed by atoms with E-state index in [9.17, 15) is 9.59 Å². The maximum Gasteiger partial charge on any atom is 0.258 e. The second-order valence-electron chi connectivity index (χ2n) is 8.71. The first-order valence-electron chi connectivity index (χ1n) is 12.4. The van der Waals surface area contributed by atoms with Gasteiger partial charge in [0.25, 0.3) is 5.91 Å². The van der Waals surface area contributed by atoms with Crippen LogP contribution in [0.3, 0.4) is 0 Å². The first-order valence-corrected chi connectivity index (χ1v) is 12.4. The minimum atomic E-state index is -0.182. The van der Waals surface area contributed by atoms with E-state index in [0.29, 0.717) is 34.9 Å². The van der Waals surface area contributed by atoms with Crippen LogP contribution in [0.5, 0.6) is 17.2 Å². The third kappa shape index (κ3) is 5.86. The van der Waals surface area contributed by atoms with Crippen molar-refractivity contribution in [2.75, 3.05) is 32.8 Å². The van der Waals surface area contributed by atoms with E-state index in [4.69, 9.17) is 14.2 Å². The number of anilines is 1. The minimum absolute atomic E-state index is 0.182. The number of nitrogens with zero attached hydrogens (tertiary/aromatic N) is 1. The lowest BCUT2D eigenvalue weighted by Gasteiger charge is -2.24. The average molecular weight is 510 g/mol. The van der Waals surface area contributed by atoms with Gasteiger partial charge in [0.15, 0.2) is 17.8 Å². The van der Waals surface area contributed by atoms with Gasteiger partial charge in [0.2, 0.25) is 5.75 Å². The fourth-order valence-corrected chi connectivity index (χ4v) is 4.48. The average Bonchev–Trinajstić information content (AvgIpc) is 2.98. The molecule has 0 radical (unpaired) electrons. The summed E-state index contributed by atoms with van der Waals surface area (Å²) in [6, 6.07) is 28.7. The second kappa shape index (κ2) is 12.6. The number of aryl methyl sites for hydroxylation is 1. The Bertz CT molecular complexity index is 1360. The molecule has 0 aliphatic carbocycles. The number of ether oxygens (including phenoxy) is 3. The van der Waals surface area contributed by atoms with Crippen molar-refractivity contribution in [1.29, 1.82) is 0 Å². The molecule has 4 aromatic rings. The van der Waals surface area contributed by atoms with Crippen molar-refractivity contribution in [3.05, 3.63) is 108 Å². The Morgan fingerprint density at radius 3 is 2.03 bits per heavy atom. The Morgan fingerprint density at radius 2 is 1.42 bits per heavy atom.